The molecule has 29 heavy (non-hydrogen) atoms. The SMILES string of the molecule is C[C@@H](C(=O)N1c2ccccc2NC(=O)C1(C)C)[NH+]1CCN(c2ccccc2)CC1. The first-order valence-corrected chi connectivity index (χ1v) is 10.3. The van der Waals surface area contributed by atoms with Crippen LogP contribution in [0.1, 0.15) is 20.8 Å². The van der Waals surface area contributed by atoms with Crippen molar-refractivity contribution in [1.82, 2.24) is 0 Å². The van der Waals surface area contributed by atoms with Crippen LogP contribution < -0.4 is 20.0 Å². The highest BCUT2D eigenvalue weighted by atomic mass is 16.2. The van der Waals surface area contributed by atoms with Crippen LogP contribution in [0.2, 0.25) is 0 Å². The topological polar surface area (TPSA) is 57.1 Å². The molecule has 0 aromatic heterocycles. The molecule has 152 valence electrons. The molecular weight excluding hydrogens is 364 g/mol. The van der Waals surface area contributed by atoms with Gasteiger partial charge in [0.1, 0.15) is 5.54 Å². The van der Waals surface area contributed by atoms with Crippen LogP contribution in [0.15, 0.2) is 54.6 Å². The van der Waals surface area contributed by atoms with Crippen LogP contribution in [0.3, 0.4) is 0 Å². The van der Waals surface area contributed by atoms with E-state index in [4.69, 9.17) is 0 Å². The normalized spacial score (nSPS) is 20.0. The van der Waals surface area contributed by atoms with Gasteiger partial charge in [-0.1, -0.05) is 30.3 Å². The van der Waals surface area contributed by atoms with E-state index in [2.05, 4.69) is 34.5 Å². The van der Waals surface area contributed by atoms with E-state index >= 15 is 0 Å². The molecule has 4 rings (SSSR count). The first-order valence-electron chi connectivity index (χ1n) is 10.3. The number of carbonyl (C=O) groups is 2. The van der Waals surface area contributed by atoms with Gasteiger partial charge in [0.05, 0.1) is 37.6 Å². The molecule has 2 aliphatic rings. The highest BCUT2D eigenvalue weighted by Gasteiger charge is 2.46. The van der Waals surface area contributed by atoms with E-state index in [1.807, 2.05) is 51.1 Å². The summed E-state index contributed by atoms with van der Waals surface area (Å²) in [6.07, 6.45) is 0. The number of quaternary nitrogens is 1. The highest BCUT2D eigenvalue weighted by Crippen LogP contribution is 2.36. The molecule has 2 amide bonds. The zero-order chi connectivity index (χ0) is 20.6. The van der Waals surface area contributed by atoms with Gasteiger partial charge in [-0.2, -0.15) is 0 Å². The third kappa shape index (κ3) is 3.49. The minimum atomic E-state index is -0.926. The summed E-state index contributed by atoms with van der Waals surface area (Å²) in [5, 5.41) is 2.93. The Morgan fingerprint density at radius 2 is 1.66 bits per heavy atom. The lowest BCUT2D eigenvalue weighted by atomic mass is 9.95. The van der Waals surface area contributed by atoms with Crippen molar-refractivity contribution < 1.29 is 14.5 Å². The summed E-state index contributed by atoms with van der Waals surface area (Å²) in [6, 6.07) is 17.7. The predicted molar refractivity (Wildman–Crippen MR) is 115 cm³/mol. The number of piperazine rings is 1. The van der Waals surface area contributed by atoms with Gasteiger partial charge in [0.2, 0.25) is 5.91 Å². The summed E-state index contributed by atoms with van der Waals surface area (Å²) >= 11 is 0. The van der Waals surface area contributed by atoms with E-state index in [1.165, 1.54) is 10.6 Å². The first kappa shape index (κ1) is 19.5. The quantitative estimate of drug-likeness (QED) is 0.832. The average molecular weight is 394 g/mol. The van der Waals surface area contributed by atoms with Crippen molar-refractivity contribution in [2.75, 3.05) is 41.3 Å². The number of hydrogen-bond donors (Lipinski definition) is 2. The number of hydrogen-bond acceptors (Lipinski definition) is 3. The number of para-hydroxylation sites is 3. The lowest BCUT2D eigenvalue weighted by Gasteiger charge is -2.44. The van der Waals surface area contributed by atoms with Gasteiger partial charge in [-0.15, -0.1) is 0 Å². The Balaban J connectivity index is 1.51. The second kappa shape index (κ2) is 7.52. The second-order valence-corrected chi connectivity index (χ2v) is 8.41. The van der Waals surface area contributed by atoms with Gasteiger partial charge in [0, 0.05) is 5.69 Å². The Morgan fingerprint density at radius 3 is 2.34 bits per heavy atom. The summed E-state index contributed by atoms with van der Waals surface area (Å²) in [4.78, 5) is 31.6. The number of carbonyl (C=O) groups excluding carboxylic acids is 2. The summed E-state index contributed by atoms with van der Waals surface area (Å²) < 4.78 is 0. The number of nitrogens with zero attached hydrogens (tertiary/aromatic N) is 2. The molecule has 0 unspecified atom stereocenters. The summed E-state index contributed by atoms with van der Waals surface area (Å²) in [5.41, 5.74) is 1.77. The molecule has 1 saturated heterocycles. The maximum absolute atomic E-state index is 13.6. The molecule has 2 heterocycles. The Labute approximate surface area is 172 Å². The lowest BCUT2D eigenvalue weighted by molar-refractivity contribution is -0.914. The fourth-order valence-electron chi connectivity index (χ4n) is 4.34. The molecule has 0 radical (unpaired) electrons. The largest absolute Gasteiger partial charge is 0.360 e. The van der Waals surface area contributed by atoms with E-state index in [9.17, 15) is 9.59 Å². The average Bonchev–Trinajstić information content (AvgIpc) is 2.74. The van der Waals surface area contributed by atoms with Crippen molar-refractivity contribution in [3.8, 4) is 0 Å². The van der Waals surface area contributed by atoms with Gasteiger partial charge < -0.3 is 15.1 Å². The van der Waals surface area contributed by atoms with Crippen molar-refractivity contribution in [3.05, 3.63) is 54.6 Å². The summed E-state index contributed by atoms with van der Waals surface area (Å²) in [7, 11) is 0. The smallest absolute Gasteiger partial charge is 0.285 e. The Hall–Kier alpha value is -2.86. The molecule has 2 aliphatic heterocycles. The van der Waals surface area contributed by atoms with Crippen LogP contribution in [0, 0.1) is 0 Å². The number of nitrogens with one attached hydrogen (secondary N) is 2. The van der Waals surface area contributed by atoms with Crippen molar-refractivity contribution >= 4 is 28.9 Å². The van der Waals surface area contributed by atoms with Gasteiger partial charge in [-0.05, 0) is 45.0 Å². The number of rotatable bonds is 3. The van der Waals surface area contributed by atoms with Gasteiger partial charge in [0.15, 0.2) is 6.04 Å². The highest BCUT2D eigenvalue weighted by molar-refractivity contribution is 6.14. The van der Waals surface area contributed by atoms with Crippen LogP contribution in [0.25, 0.3) is 0 Å². The van der Waals surface area contributed by atoms with Crippen LogP contribution in [0.5, 0.6) is 0 Å². The van der Waals surface area contributed by atoms with Crippen molar-refractivity contribution in [1.29, 1.82) is 0 Å². The molecule has 2 N–H and O–H groups in total. The molecule has 2 aromatic rings. The maximum atomic E-state index is 13.6. The molecule has 0 saturated carbocycles. The Bertz CT molecular complexity index is 904. The molecular formula is C23H29N4O2+. The standard InChI is InChI=1S/C23H28N4O2/c1-17(25-13-15-26(16-14-25)18-9-5-4-6-10-18)21(28)27-20-12-8-7-11-19(20)24-22(29)23(27,2)3/h4-12,17H,13-16H2,1-3H3,(H,24,29)/p+1/t17-/m0/s1. The predicted octanol–water partition coefficient (Wildman–Crippen LogP) is 1.54. The van der Waals surface area contributed by atoms with Gasteiger partial charge in [-0.25, -0.2) is 0 Å². The molecule has 1 fully saturated rings. The molecule has 0 bridgehead atoms. The molecule has 1 atom stereocenters. The monoisotopic (exact) mass is 393 g/mol. The molecule has 0 aliphatic carbocycles. The molecule has 6 nitrogen and oxygen atoms in total. The molecule has 6 heteroatoms. The summed E-state index contributed by atoms with van der Waals surface area (Å²) in [6.45, 7) is 9.22. The molecule has 0 spiro atoms. The first-order chi connectivity index (χ1) is 13.9. The number of amides is 2. The van der Waals surface area contributed by atoms with Crippen LogP contribution in [-0.4, -0.2) is 49.6 Å². The third-order valence-corrected chi connectivity index (χ3v) is 6.24. The molecule has 2 aromatic carbocycles. The van der Waals surface area contributed by atoms with Crippen molar-refractivity contribution in [3.63, 3.8) is 0 Å². The fourth-order valence-corrected chi connectivity index (χ4v) is 4.34. The summed E-state index contributed by atoms with van der Waals surface area (Å²) in [5.74, 6) is -0.152. The van der Waals surface area contributed by atoms with Crippen molar-refractivity contribution in [2.24, 2.45) is 0 Å². The van der Waals surface area contributed by atoms with E-state index in [0.717, 1.165) is 31.9 Å². The maximum Gasteiger partial charge on any atom is 0.285 e. The van der Waals surface area contributed by atoms with E-state index in [0.29, 0.717) is 5.69 Å². The van der Waals surface area contributed by atoms with Gasteiger partial charge in [0.25, 0.3) is 5.91 Å². The fraction of sp³-hybridized carbons (Fsp3) is 0.391. The lowest BCUT2D eigenvalue weighted by Crippen LogP contribution is -3.19. The number of benzene rings is 2. The Morgan fingerprint density at radius 1 is 1.03 bits per heavy atom. The van der Waals surface area contributed by atoms with Crippen LogP contribution in [-0.2, 0) is 9.59 Å². The zero-order valence-corrected chi connectivity index (χ0v) is 17.3. The van der Waals surface area contributed by atoms with Gasteiger partial charge >= 0.3 is 0 Å². The van der Waals surface area contributed by atoms with Crippen LogP contribution in [0.4, 0.5) is 17.1 Å². The Kier molecular flexibility index (Phi) is 5.04. The number of fused-ring (bicyclic) bond motifs is 1. The van der Waals surface area contributed by atoms with Crippen molar-refractivity contribution in [2.45, 2.75) is 32.4 Å². The van der Waals surface area contributed by atoms with E-state index in [-0.39, 0.29) is 17.9 Å². The van der Waals surface area contributed by atoms with Crippen LogP contribution >= 0.6 is 0 Å². The zero-order valence-electron chi connectivity index (χ0n) is 17.3. The second-order valence-electron chi connectivity index (χ2n) is 8.41. The van der Waals surface area contributed by atoms with E-state index < -0.39 is 5.54 Å². The minimum absolute atomic E-state index is 0.000427. The van der Waals surface area contributed by atoms with Gasteiger partial charge in [-0.3, -0.25) is 14.5 Å². The van der Waals surface area contributed by atoms with E-state index in [1.54, 1.807) is 4.90 Å². The minimum Gasteiger partial charge on any atom is -0.360 e. The third-order valence-electron chi connectivity index (χ3n) is 6.24. The number of anilines is 3.